The first-order chi connectivity index (χ1) is 24.5. The van der Waals surface area contributed by atoms with Crippen molar-refractivity contribution in [2.24, 2.45) is 0 Å². The molecule has 276 valence electrons. The number of allylic oxidation sites excluding steroid dienone is 6. The number of hydrogen-bond acceptors (Lipinski definition) is 9. The van der Waals surface area contributed by atoms with Gasteiger partial charge in [0.1, 0.15) is 38.3 Å². The van der Waals surface area contributed by atoms with Gasteiger partial charge in [-0.3, -0.25) is 0 Å². The molecule has 0 saturated carbocycles. The molecule has 0 amide bonds. The fourth-order valence-corrected chi connectivity index (χ4v) is 3.85. The van der Waals surface area contributed by atoms with Crippen LogP contribution in [0.2, 0.25) is 0 Å². The molecule has 0 aromatic heterocycles. The lowest BCUT2D eigenvalue weighted by molar-refractivity contribution is 0.0920. The summed E-state index contributed by atoms with van der Waals surface area (Å²) in [5, 5.41) is 0. The van der Waals surface area contributed by atoms with Gasteiger partial charge in [-0.15, -0.1) is 0 Å². The smallest absolute Gasteiger partial charge is 0.229 e. The molecule has 0 spiro atoms. The Balaban J connectivity index is 0.000000276. The Morgan fingerprint density at radius 3 is 0.755 bits per heavy atom. The first kappa shape index (κ1) is 43.0. The maximum atomic E-state index is 4.89. The predicted molar refractivity (Wildman–Crippen MR) is 196 cm³/mol. The summed E-state index contributed by atoms with van der Waals surface area (Å²) < 4.78 is 42.8. The van der Waals surface area contributed by atoms with E-state index in [0.717, 1.165) is 52.5 Å². The standard InChI is InChI=1S/C6H10.2C5H8O.C5H8.C4H6O2.3C4H6O.C3H4O2/c3*1-2-4-6-5-3-1;1-2-4-5-3-1;1-2-6-4-3-5-1;3*1-2-4-5-3-1;1-2-5-3-4-1/h1-2H,3-6H2;2*2,4H,1,3,5H2;1-2H,3-5H2;1-2H,3-4H2;2*1,3H,2,4H2;1-2H,3-4H2;1-2H,3H2. The molecule has 0 saturated heterocycles. The third-order valence-corrected chi connectivity index (χ3v) is 6.45. The van der Waals surface area contributed by atoms with Crippen molar-refractivity contribution in [3.63, 3.8) is 0 Å². The van der Waals surface area contributed by atoms with Gasteiger partial charge in [0.15, 0.2) is 0 Å². The van der Waals surface area contributed by atoms with E-state index in [9.17, 15) is 0 Å². The molecule has 7 heterocycles. The molecule has 9 aliphatic rings. The number of ether oxygens (including phenoxy) is 9. The fourth-order valence-electron chi connectivity index (χ4n) is 3.85. The highest BCUT2D eigenvalue weighted by molar-refractivity contribution is 4.88. The van der Waals surface area contributed by atoms with Crippen molar-refractivity contribution in [2.45, 2.75) is 83.5 Å². The van der Waals surface area contributed by atoms with E-state index in [-0.39, 0.29) is 0 Å². The van der Waals surface area contributed by atoms with Crippen LogP contribution in [0.25, 0.3) is 0 Å². The van der Waals surface area contributed by atoms with E-state index >= 15 is 0 Å². The van der Waals surface area contributed by atoms with Crippen molar-refractivity contribution in [1.82, 2.24) is 0 Å². The zero-order valence-electron chi connectivity index (χ0n) is 29.6. The highest BCUT2D eigenvalue weighted by Crippen LogP contribution is 2.07. The minimum Gasteiger partial charge on any atom is -0.502 e. The van der Waals surface area contributed by atoms with E-state index in [2.05, 4.69) is 33.8 Å². The highest BCUT2D eigenvalue weighted by Gasteiger charge is 1.89. The van der Waals surface area contributed by atoms with Gasteiger partial charge in [0.05, 0.1) is 64.7 Å². The molecule has 0 aromatic carbocycles. The SMILES string of the molecule is C1=CCCC1.C1=CCCCC1.C1=CCOC1.C1=COCC1.C1=COCC1.C1=COCCC1.C1=COCCC1.C1=COCCO1.C1=COCO1. The maximum absolute atomic E-state index is 4.89. The third-order valence-electron chi connectivity index (χ3n) is 6.45. The van der Waals surface area contributed by atoms with Gasteiger partial charge < -0.3 is 42.6 Å². The van der Waals surface area contributed by atoms with Crippen LogP contribution >= 0.6 is 0 Å². The molecule has 0 radical (unpaired) electrons. The second kappa shape index (κ2) is 40.2. The fraction of sp³-hybridized carbons (Fsp3) is 0.550. The first-order valence-electron chi connectivity index (χ1n) is 17.9. The van der Waals surface area contributed by atoms with Gasteiger partial charge in [0.2, 0.25) is 6.79 Å². The molecule has 0 aromatic rings. The summed E-state index contributed by atoms with van der Waals surface area (Å²) in [6, 6.07) is 0. The molecule has 0 fully saturated rings. The van der Waals surface area contributed by atoms with Gasteiger partial charge >= 0.3 is 0 Å². The summed E-state index contributed by atoms with van der Waals surface area (Å²) in [5.74, 6) is 0. The van der Waals surface area contributed by atoms with Crippen LogP contribution in [0.3, 0.4) is 0 Å². The molecule has 2 aliphatic carbocycles. The summed E-state index contributed by atoms with van der Waals surface area (Å²) >= 11 is 0. The van der Waals surface area contributed by atoms with Crippen molar-refractivity contribution >= 4 is 0 Å². The van der Waals surface area contributed by atoms with Gasteiger partial charge in [-0.25, -0.2) is 0 Å². The Labute approximate surface area is 296 Å². The summed E-state index contributed by atoms with van der Waals surface area (Å²) in [5.41, 5.74) is 0. The molecule has 0 bridgehead atoms. The predicted octanol–water partition coefficient (Wildman–Crippen LogP) is 9.84. The Hall–Kier alpha value is -3.98. The Kier molecular flexibility index (Phi) is 35.3. The van der Waals surface area contributed by atoms with Crippen LogP contribution in [-0.2, 0) is 42.6 Å². The summed E-state index contributed by atoms with van der Waals surface area (Å²) in [6.07, 6.45) is 50.7. The zero-order valence-corrected chi connectivity index (χ0v) is 29.6. The molecule has 7 aliphatic heterocycles. The minimum atomic E-state index is 0.389. The second-order valence-electron chi connectivity index (χ2n) is 10.7. The molecule has 0 unspecified atom stereocenters. The van der Waals surface area contributed by atoms with Crippen LogP contribution in [0.4, 0.5) is 0 Å². The van der Waals surface area contributed by atoms with Crippen molar-refractivity contribution in [3.05, 3.63) is 111 Å². The van der Waals surface area contributed by atoms with Gasteiger partial charge in [-0.1, -0.05) is 36.5 Å². The first-order valence-corrected chi connectivity index (χ1v) is 17.9. The lowest BCUT2D eigenvalue weighted by Crippen LogP contribution is -2.00. The molecule has 0 atom stereocenters. The molecule has 49 heavy (non-hydrogen) atoms. The summed E-state index contributed by atoms with van der Waals surface area (Å²) in [7, 11) is 0. The van der Waals surface area contributed by atoms with E-state index < -0.39 is 0 Å². The van der Waals surface area contributed by atoms with Crippen molar-refractivity contribution in [3.8, 4) is 0 Å². The Morgan fingerprint density at radius 2 is 0.612 bits per heavy atom. The quantitative estimate of drug-likeness (QED) is 0.231. The topological polar surface area (TPSA) is 83.1 Å². The average molecular weight is 687 g/mol. The van der Waals surface area contributed by atoms with E-state index in [4.69, 9.17) is 33.2 Å². The van der Waals surface area contributed by atoms with E-state index in [1.807, 2.05) is 36.5 Å². The summed E-state index contributed by atoms with van der Waals surface area (Å²) in [6.45, 7) is 7.01. The van der Waals surface area contributed by atoms with Crippen LogP contribution in [0.15, 0.2) is 111 Å². The monoisotopic (exact) mass is 686 g/mol. The van der Waals surface area contributed by atoms with Crippen LogP contribution in [0.1, 0.15) is 83.5 Å². The largest absolute Gasteiger partial charge is 0.502 e. The van der Waals surface area contributed by atoms with Crippen LogP contribution < -0.4 is 0 Å². The minimum absolute atomic E-state index is 0.389. The molecule has 9 nitrogen and oxygen atoms in total. The third kappa shape index (κ3) is 38.3. The van der Waals surface area contributed by atoms with Crippen LogP contribution in [0.5, 0.6) is 0 Å². The van der Waals surface area contributed by atoms with E-state index in [0.29, 0.717) is 20.0 Å². The summed E-state index contributed by atoms with van der Waals surface area (Å²) in [4.78, 5) is 0. The molecule has 9 heteroatoms. The van der Waals surface area contributed by atoms with Crippen LogP contribution in [0, 0.1) is 0 Å². The Morgan fingerprint density at radius 1 is 0.245 bits per heavy atom. The van der Waals surface area contributed by atoms with Crippen molar-refractivity contribution in [1.29, 1.82) is 0 Å². The van der Waals surface area contributed by atoms with Crippen LogP contribution in [-0.4, -0.2) is 59.6 Å². The van der Waals surface area contributed by atoms with Gasteiger partial charge in [0, 0.05) is 12.8 Å². The average Bonchev–Trinajstić information content (AvgIpc) is 4.08. The molecule has 0 N–H and O–H groups in total. The number of rotatable bonds is 0. The maximum Gasteiger partial charge on any atom is 0.229 e. The van der Waals surface area contributed by atoms with E-state index in [1.165, 1.54) is 83.2 Å². The molecular weight excluding hydrogens is 624 g/mol. The molecular formula is C40H62O9. The van der Waals surface area contributed by atoms with Crippen molar-refractivity contribution in [2.75, 3.05) is 59.6 Å². The van der Waals surface area contributed by atoms with Crippen molar-refractivity contribution < 1.29 is 42.6 Å². The normalized spacial score (nSPS) is 19.8. The molecule has 9 rings (SSSR count). The zero-order chi connectivity index (χ0) is 34.6. The van der Waals surface area contributed by atoms with Gasteiger partial charge in [0.25, 0.3) is 0 Å². The van der Waals surface area contributed by atoms with Gasteiger partial charge in [-0.2, -0.15) is 0 Å². The number of hydrogen-bond donors (Lipinski definition) is 0. The lowest BCUT2D eigenvalue weighted by Gasteiger charge is -2.04. The van der Waals surface area contributed by atoms with Gasteiger partial charge in [-0.05, 0) is 94.9 Å². The van der Waals surface area contributed by atoms with E-state index in [1.54, 1.807) is 37.6 Å². The Bertz CT molecular complexity index is 721. The second-order valence-corrected chi connectivity index (χ2v) is 10.7. The highest BCUT2D eigenvalue weighted by atomic mass is 16.7. The lowest BCUT2D eigenvalue weighted by atomic mass is 10.1.